The van der Waals surface area contributed by atoms with Gasteiger partial charge in [-0.1, -0.05) is 0 Å². The van der Waals surface area contributed by atoms with E-state index in [1.807, 2.05) is 14.0 Å². The first kappa shape index (κ1) is 13.3. The number of hydrogen-bond donors (Lipinski definition) is 1. The Hall–Kier alpha value is -2.71. The second-order valence-electron chi connectivity index (χ2n) is 4.61. The summed E-state index contributed by atoms with van der Waals surface area (Å²) in [5, 5.41) is 7.16. The van der Waals surface area contributed by atoms with Gasteiger partial charge < -0.3 is 10.1 Å². The molecule has 2 aromatic heterocycles. The molecular formula is C12H15N7O2. The van der Waals surface area contributed by atoms with Gasteiger partial charge in [-0.3, -0.25) is 9.58 Å². The highest BCUT2D eigenvalue weighted by atomic mass is 16.6. The molecule has 2 aromatic rings. The first-order valence-corrected chi connectivity index (χ1v) is 6.53. The summed E-state index contributed by atoms with van der Waals surface area (Å²) in [6, 6.07) is 1.56. The topological polar surface area (TPSA) is 98.1 Å². The van der Waals surface area contributed by atoms with Gasteiger partial charge in [-0.05, 0) is 13.0 Å². The Bertz CT molecular complexity index is 657. The van der Waals surface area contributed by atoms with Crippen molar-refractivity contribution in [2.24, 2.45) is 7.05 Å². The lowest BCUT2D eigenvalue weighted by Gasteiger charge is -2.15. The third-order valence-corrected chi connectivity index (χ3v) is 3.16. The molecule has 1 unspecified atom stereocenters. The average molecular weight is 289 g/mol. The summed E-state index contributed by atoms with van der Waals surface area (Å²) in [6.45, 7) is 2.80. The Labute approximate surface area is 121 Å². The number of amides is 1. The molecule has 3 heterocycles. The van der Waals surface area contributed by atoms with E-state index in [0.29, 0.717) is 24.9 Å². The number of carbonyl (C=O) groups excluding carboxylic acids is 1. The maximum atomic E-state index is 11.5. The third-order valence-electron chi connectivity index (χ3n) is 3.16. The molecule has 0 aromatic carbocycles. The van der Waals surface area contributed by atoms with Crippen LogP contribution in [0.5, 0.6) is 0 Å². The number of aromatic nitrogens is 5. The molecule has 9 nitrogen and oxygen atoms in total. The van der Waals surface area contributed by atoms with Crippen molar-refractivity contribution in [2.45, 2.75) is 13.0 Å². The molecule has 1 N–H and O–H groups in total. The molecule has 0 spiro atoms. The van der Waals surface area contributed by atoms with E-state index in [4.69, 9.17) is 4.74 Å². The van der Waals surface area contributed by atoms with Crippen LogP contribution >= 0.6 is 0 Å². The maximum Gasteiger partial charge on any atom is 0.415 e. The highest BCUT2D eigenvalue weighted by molar-refractivity contribution is 5.88. The Kier molecular flexibility index (Phi) is 3.38. The monoisotopic (exact) mass is 289 g/mol. The third kappa shape index (κ3) is 2.62. The van der Waals surface area contributed by atoms with Crippen molar-refractivity contribution in [2.75, 3.05) is 23.4 Å². The predicted octanol–water partition coefficient (Wildman–Crippen LogP) is 0.735. The Morgan fingerprint density at radius 1 is 1.43 bits per heavy atom. The standard InChI is InChI=1S/C12H15N7O2/c1-8(10-14-7-15-18(10)2)16-11-13-4-3-9(17-11)19-5-6-21-12(19)20/h3-4,7-8H,5-6H2,1-2H3,(H,13,16,17). The fraction of sp³-hybridized carbons (Fsp3) is 0.417. The summed E-state index contributed by atoms with van der Waals surface area (Å²) in [4.78, 5) is 25.7. The van der Waals surface area contributed by atoms with Crippen molar-refractivity contribution in [3.8, 4) is 0 Å². The number of carbonyl (C=O) groups is 1. The summed E-state index contributed by atoms with van der Waals surface area (Å²) < 4.78 is 6.58. The van der Waals surface area contributed by atoms with Crippen LogP contribution in [0.3, 0.4) is 0 Å². The van der Waals surface area contributed by atoms with Gasteiger partial charge in [0.05, 0.1) is 12.6 Å². The van der Waals surface area contributed by atoms with Gasteiger partial charge in [-0.15, -0.1) is 0 Å². The molecule has 1 amide bonds. The molecule has 1 aliphatic rings. The Morgan fingerprint density at radius 2 is 2.29 bits per heavy atom. The van der Waals surface area contributed by atoms with Gasteiger partial charge in [0, 0.05) is 13.2 Å². The van der Waals surface area contributed by atoms with Crippen molar-refractivity contribution in [3.63, 3.8) is 0 Å². The Balaban J connectivity index is 1.77. The van der Waals surface area contributed by atoms with E-state index in [0.717, 1.165) is 5.82 Å². The van der Waals surface area contributed by atoms with Gasteiger partial charge in [-0.25, -0.2) is 14.8 Å². The number of rotatable bonds is 4. The predicted molar refractivity (Wildman–Crippen MR) is 73.8 cm³/mol. The highest BCUT2D eigenvalue weighted by Crippen LogP contribution is 2.19. The van der Waals surface area contributed by atoms with Crippen LogP contribution in [0.2, 0.25) is 0 Å². The number of cyclic esters (lactones) is 1. The quantitative estimate of drug-likeness (QED) is 0.886. The summed E-state index contributed by atoms with van der Waals surface area (Å²) in [5.74, 6) is 1.70. The van der Waals surface area contributed by atoms with Crippen molar-refractivity contribution in [1.29, 1.82) is 0 Å². The maximum absolute atomic E-state index is 11.5. The lowest BCUT2D eigenvalue weighted by molar-refractivity contribution is 0.181. The van der Waals surface area contributed by atoms with Gasteiger partial charge in [0.15, 0.2) is 0 Å². The molecule has 0 radical (unpaired) electrons. The highest BCUT2D eigenvalue weighted by Gasteiger charge is 2.25. The zero-order chi connectivity index (χ0) is 14.8. The molecule has 1 fully saturated rings. The van der Waals surface area contributed by atoms with Crippen LogP contribution in [-0.2, 0) is 11.8 Å². The number of nitrogens with one attached hydrogen (secondary N) is 1. The number of ether oxygens (including phenoxy) is 1. The largest absolute Gasteiger partial charge is 0.447 e. The van der Waals surface area contributed by atoms with Crippen LogP contribution in [0.25, 0.3) is 0 Å². The molecular weight excluding hydrogens is 274 g/mol. The molecule has 110 valence electrons. The molecule has 21 heavy (non-hydrogen) atoms. The molecule has 1 atom stereocenters. The summed E-state index contributed by atoms with van der Waals surface area (Å²) in [6.07, 6.45) is 2.70. The van der Waals surface area contributed by atoms with Gasteiger partial charge in [0.2, 0.25) is 5.95 Å². The van der Waals surface area contributed by atoms with Crippen LogP contribution in [0.15, 0.2) is 18.6 Å². The van der Waals surface area contributed by atoms with Crippen LogP contribution in [0.4, 0.5) is 16.6 Å². The molecule has 1 aliphatic heterocycles. The first-order valence-electron chi connectivity index (χ1n) is 6.53. The minimum Gasteiger partial charge on any atom is -0.447 e. The molecule has 3 rings (SSSR count). The fourth-order valence-corrected chi connectivity index (χ4v) is 2.13. The summed E-state index contributed by atoms with van der Waals surface area (Å²) in [5.41, 5.74) is 0. The Morgan fingerprint density at radius 3 is 2.95 bits per heavy atom. The molecule has 0 saturated carbocycles. The molecule has 0 aliphatic carbocycles. The van der Waals surface area contributed by atoms with E-state index in [9.17, 15) is 4.79 Å². The molecule has 1 saturated heterocycles. The second kappa shape index (κ2) is 5.35. The zero-order valence-electron chi connectivity index (χ0n) is 11.7. The van der Waals surface area contributed by atoms with E-state index < -0.39 is 0 Å². The van der Waals surface area contributed by atoms with E-state index >= 15 is 0 Å². The van der Waals surface area contributed by atoms with Crippen molar-refractivity contribution < 1.29 is 9.53 Å². The van der Waals surface area contributed by atoms with E-state index in [-0.39, 0.29) is 12.1 Å². The fourth-order valence-electron chi connectivity index (χ4n) is 2.13. The molecule has 0 bridgehead atoms. The normalized spacial score (nSPS) is 15.9. The summed E-state index contributed by atoms with van der Waals surface area (Å²) >= 11 is 0. The lowest BCUT2D eigenvalue weighted by Crippen LogP contribution is -2.25. The van der Waals surface area contributed by atoms with Crippen molar-refractivity contribution in [1.82, 2.24) is 24.7 Å². The van der Waals surface area contributed by atoms with Gasteiger partial charge in [0.1, 0.15) is 24.6 Å². The minimum atomic E-state index is -0.388. The number of nitrogens with zero attached hydrogens (tertiary/aromatic N) is 6. The SMILES string of the molecule is CC(Nc1nccc(N2CCOC2=O)n1)c1ncnn1C. The summed E-state index contributed by atoms with van der Waals surface area (Å²) in [7, 11) is 1.82. The van der Waals surface area contributed by atoms with Gasteiger partial charge in [0.25, 0.3) is 0 Å². The number of hydrogen-bond acceptors (Lipinski definition) is 7. The van der Waals surface area contributed by atoms with Gasteiger partial charge in [-0.2, -0.15) is 10.1 Å². The number of anilines is 2. The van der Waals surface area contributed by atoms with E-state index in [1.165, 1.54) is 11.2 Å². The average Bonchev–Trinajstić information content (AvgIpc) is 3.07. The van der Waals surface area contributed by atoms with E-state index in [2.05, 4.69) is 25.4 Å². The zero-order valence-corrected chi connectivity index (χ0v) is 11.7. The van der Waals surface area contributed by atoms with Crippen LogP contribution in [0.1, 0.15) is 18.8 Å². The van der Waals surface area contributed by atoms with Crippen molar-refractivity contribution >= 4 is 17.9 Å². The van der Waals surface area contributed by atoms with Crippen LogP contribution in [0, 0.1) is 0 Å². The number of aryl methyl sites for hydroxylation is 1. The van der Waals surface area contributed by atoms with Crippen LogP contribution in [-0.4, -0.2) is 44.0 Å². The lowest BCUT2D eigenvalue weighted by atomic mass is 10.3. The smallest absolute Gasteiger partial charge is 0.415 e. The first-order chi connectivity index (χ1) is 10.1. The molecule has 9 heteroatoms. The van der Waals surface area contributed by atoms with E-state index in [1.54, 1.807) is 16.9 Å². The second-order valence-corrected chi connectivity index (χ2v) is 4.61. The minimum absolute atomic E-state index is 0.113. The van der Waals surface area contributed by atoms with Crippen LogP contribution < -0.4 is 10.2 Å². The van der Waals surface area contributed by atoms with Gasteiger partial charge >= 0.3 is 6.09 Å². The van der Waals surface area contributed by atoms with Crippen molar-refractivity contribution in [3.05, 3.63) is 24.4 Å².